The number of halogens is 1. The van der Waals surface area contributed by atoms with Gasteiger partial charge in [0.1, 0.15) is 12.4 Å². The Kier molecular flexibility index (Phi) is 4.06. The molecule has 0 radical (unpaired) electrons. The highest BCUT2D eigenvalue weighted by atomic mass is 79.9. The van der Waals surface area contributed by atoms with Crippen LogP contribution in [-0.2, 0) is 6.61 Å². The summed E-state index contributed by atoms with van der Waals surface area (Å²) in [6.07, 6.45) is 0. The maximum atomic E-state index is 10.9. The third-order valence-electron chi connectivity index (χ3n) is 2.57. The van der Waals surface area contributed by atoms with Crippen molar-refractivity contribution < 1.29 is 14.6 Å². The summed E-state index contributed by atoms with van der Waals surface area (Å²) < 4.78 is 6.54. The van der Waals surface area contributed by atoms with Crippen molar-refractivity contribution in [2.45, 2.75) is 6.61 Å². The van der Waals surface area contributed by atoms with E-state index in [0.717, 1.165) is 10.0 Å². The number of nitrogens with two attached hydrogens (primary N) is 1. The van der Waals surface area contributed by atoms with Crippen molar-refractivity contribution in [2.75, 3.05) is 5.73 Å². The lowest BCUT2D eigenvalue weighted by atomic mass is 10.2. The fraction of sp³-hybridized carbons (Fsp3) is 0.0714. The Bertz CT molecular complexity index is 596. The van der Waals surface area contributed by atoms with Gasteiger partial charge in [0.2, 0.25) is 0 Å². The van der Waals surface area contributed by atoms with Gasteiger partial charge in [-0.25, -0.2) is 4.79 Å². The molecule has 19 heavy (non-hydrogen) atoms. The largest absolute Gasteiger partial charge is 0.487 e. The number of hydrogen-bond acceptors (Lipinski definition) is 3. The highest BCUT2D eigenvalue weighted by Crippen LogP contribution is 2.24. The molecule has 98 valence electrons. The lowest BCUT2D eigenvalue weighted by Gasteiger charge is -2.09. The van der Waals surface area contributed by atoms with Crippen LogP contribution >= 0.6 is 15.9 Å². The quantitative estimate of drug-likeness (QED) is 0.847. The van der Waals surface area contributed by atoms with Gasteiger partial charge >= 0.3 is 5.97 Å². The van der Waals surface area contributed by atoms with Crippen molar-refractivity contribution in [1.82, 2.24) is 0 Å². The maximum absolute atomic E-state index is 10.9. The molecule has 0 saturated carbocycles. The first-order chi connectivity index (χ1) is 9.06. The average Bonchev–Trinajstić information content (AvgIpc) is 2.39. The van der Waals surface area contributed by atoms with E-state index in [1.54, 1.807) is 0 Å². The molecule has 4 nitrogen and oxygen atoms in total. The summed E-state index contributed by atoms with van der Waals surface area (Å²) >= 11 is 3.35. The van der Waals surface area contributed by atoms with Crippen LogP contribution in [0.5, 0.6) is 5.75 Å². The maximum Gasteiger partial charge on any atom is 0.335 e. The standard InChI is InChI=1S/C14H12BrNO3/c15-11-4-1-9(2-5-11)8-19-13-7-10(14(17)18)3-6-12(13)16/h1-7H,8,16H2,(H,17,18). The van der Waals surface area contributed by atoms with E-state index in [1.807, 2.05) is 24.3 Å². The fourth-order valence-electron chi connectivity index (χ4n) is 1.53. The van der Waals surface area contributed by atoms with Gasteiger partial charge in [-0.2, -0.15) is 0 Å². The van der Waals surface area contributed by atoms with Gasteiger partial charge < -0.3 is 15.6 Å². The van der Waals surface area contributed by atoms with Crippen molar-refractivity contribution in [3.8, 4) is 5.75 Å². The lowest BCUT2D eigenvalue weighted by Crippen LogP contribution is -2.02. The van der Waals surface area contributed by atoms with E-state index in [0.29, 0.717) is 18.0 Å². The summed E-state index contributed by atoms with van der Waals surface area (Å²) in [5.74, 6) is -0.628. The average molecular weight is 322 g/mol. The second-order valence-electron chi connectivity index (χ2n) is 3.97. The minimum atomic E-state index is -1.01. The molecule has 0 atom stereocenters. The highest BCUT2D eigenvalue weighted by Gasteiger charge is 2.07. The number of hydrogen-bond donors (Lipinski definition) is 2. The Labute approximate surface area is 118 Å². The van der Waals surface area contributed by atoms with Gasteiger partial charge in [-0.05, 0) is 35.9 Å². The highest BCUT2D eigenvalue weighted by molar-refractivity contribution is 9.10. The SMILES string of the molecule is Nc1ccc(C(=O)O)cc1OCc1ccc(Br)cc1. The molecule has 3 N–H and O–H groups in total. The zero-order chi connectivity index (χ0) is 13.8. The van der Waals surface area contributed by atoms with Crippen molar-refractivity contribution in [3.63, 3.8) is 0 Å². The molecule has 0 aliphatic carbocycles. The Morgan fingerprint density at radius 2 is 1.89 bits per heavy atom. The van der Waals surface area contributed by atoms with Gasteiger partial charge in [-0.15, -0.1) is 0 Å². The zero-order valence-corrected chi connectivity index (χ0v) is 11.6. The van der Waals surface area contributed by atoms with E-state index in [1.165, 1.54) is 18.2 Å². The molecule has 0 spiro atoms. The third kappa shape index (κ3) is 3.48. The molecule has 2 aromatic rings. The summed E-state index contributed by atoms with van der Waals surface area (Å²) in [6.45, 7) is 0.334. The van der Waals surface area contributed by atoms with Crippen LogP contribution in [0.4, 0.5) is 5.69 Å². The Balaban J connectivity index is 2.12. The van der Waals surface area contributed by atoms with Crippen LogP contribution < -0.4 is 10.5 Å². The first-order valence-electron chi connectivity index (χ1n) is 5.56. The monoisotopic (exact) mass is 321 g/mol. The smallest absolute Gasteiger partial charge is 0.335 e. The molecule has 0 aliphatic heterocycles. The third-order valence-corrected chi connectivity index (χ3v) is 3.10. The normalized spacial score (nSPS) is 10.2. The molecule has 0 heterocycles. The van der Waals surface area contributed by atoms with Crippen LogP contribution in [0.15, 0.2) is 46.9 Å². The van der Waals surface area contributed by atoms with Crippen molar-refractivity contribution >= 4 is 27.6 Å². The molecular weight excluding hydrogens is 310 g/mol. The molecule has 0 aromatic heterocycles. The van der Waals surface area contributed by atoms with E-state index < -0.39 is 5.97 Å². The molecule has 2 rings (SSSR count). The zero-order valence-electron chi connectivity index (χ0n) is 9.97. The molecule has 0 amide bonds. The Morgan fingerprint density at radius 3 is 2.53 bits per heavy atom. The topological polar surface area (TPSA) is 72.6 Å². The summed E-state index contributed by atoms with van der Waals surface area (Å²) in [7, 11) is 0. The van der Waals surface area contributed by atoms with E-state index >= 15 is 0 Å². The number of benzene rings is 2. The van der Waals surface area contributed by atoms with Gasteiger partial charge in [0.25, 0.3) is 0 Å². The minimum Gasteiger partial charge on any atom is -0.487 e. The van der Waals surface area contributed by atoms with Crippen LogP contribution in [0.25, 0.3) is 0 Å². The molecule has 0 fully saturated rings. The van der Waals surface area contributed by atoms with Crippen LogP contribution in [0.2, 0.25) is 0 Å². The van der Waals surface area contributed by atoms with Gasteiger partial charge in [-0.3, -0.25) is 0 Å². The van der Waals surface area contributed by atoms with Crippen molar-refractivity contribution in [1.29, 1.82) is 0 Å². The molecule has 0 bridgehead atoms. The number of aromatic carboxylic acids is 1. The number of anilines is 1. The van der Waals surface area contributed by atoms with Crippen molar-refractivity contribution in [2.24, 2.45) is 0 Å². The first-order valence-corrected chi connectivity index (χ1v) is 6.35. The second kappa shape index (κ2) is 5.75. The van der Waals surface area contributed by atoms with Crippen molar-refractivity contribution in [3.05, 3.63) is 58.1 Å². The van der Waals surface area contributed by atoms with Gasteiger partial charge in [0.05, 0.1) is 11.3 Å². The van der Waals surface area contributed by atoms with E-state index in [9.17, 15) is 4.79 Å². The van der Waals surface area contributed by atoms with Gasteiger partial charge in [0, 0.05) is 4.47 Å². The summed E-state index contributed by atoms with van der Waals surface area (Å²) in [5, 5.41) is 8.91. The predicted octanol–water partition coefficient (Wildman–Crippen LogP) is 3.31. The fourth-order valence-corrected chi connectivity index (χ4v) is 1.80. The number of ether oxygens (including phenoxy) is 1. The van der Waals surface area contributed by atoms with E-state index in [4.69, 9.17) is 15.6 Å². The first kappa shape index (κ1) is 13.4. The summed E-state index contributed by atoms with van der Waals surface area (Å²) in [6, 6.07) is 12.1. The van der Waals surface area contributed by atoms with E-state index in [2.05, 4.69) is 15.9 Å². The molecule has 2 aromatic carbocycles. The lowest BCUT2D eigenvalue weighted by molar-refractivity contribution is 0.0696. The molecular formula is C14H12BrNO3. The van der Waals surface area contributed by atoms with Gasteiger partial charge in [0.15, 0.2) is 0 Å². The molecule has 0 unspecified atom stereocenters. The number of nitrogen functional groups attached to an aromatic ring is 1. The number of carboxylic acid groups (broad SMARTS) is 1. The van der Waals surface area contributed by atoms with Gasteiger partial charge in [-0.1, -0.05) is 28.1 Å². The van der Waals surface area contributed by atoms with Crippen LogP contribution in [-0.4, -0.2) is 11.1 Å². The summed E-state index contributed by atoms with van der Waals surface area (Å²) in [4.78, 5) is 10.9. The Morgan fingerprint density at radius 1 is 1.21 bits per heavy atom. The predicted molar refractivity (Wildman–Crippen MR) is 76.3 cm³/mol. The minimum absolute atomic E-state index is 0.153. The molecule has 0 aliphatic rings. The number of carbonyl (C=O) groups is 1. The number of rotatable bonds is 4. The van der Waals surface area contributed by atoms with Crippen LogP contribution in [0.3, 0.4) is 0 Å². The molecule has 0 saturated heterocycles. The molecule has 5 heteroatoms. The summed E-state index contributed by atoms with van der Waals surface area (Å²) in [5.41, 5.74) is 7.30. The number of carboxylic acids is 1. The van der Waals surface area contributed by atoms with E-state index in [-0.39, 0.29) is 5.56 Å². The second-order valence-corrected chi connectivity index (χ2v) is 4.89. The Hall–Kier alpha value is -2.01. The van der Waals surface area contributed by atoms with Crippen LogP contribution in [0, 0.1) is 0 Å². The van der Waals surface area contributed by atoms with Crippen LogP contribution in [0.1, 0.15) is 15.9 Å².